The van der Waals surface area contributed by atoms with Crippen molar-refractivity contribution in [3.8, 4) is 5.69 Å². The molecule has 29 heavy (non-hydrogen) atoms. The first-order valence-corrected chi connectivity index (χ1v) is 10.9. The van der Waals surface area contributed by atoms with Gasteiger partial charge in [0.2, 0.25) is 5.91 Å². The predicted octanol–water partition coefficient (Wildman–Crippen LogP) is 4.30. The Morgan fingerprint density at radius 3 is 2.34 bits per heavy atom. The van der Waals surface area contributed by atoms with E-state index in [9.17, 15) is 9.59 Å². The van der Waals surface area contributed by atoms with Crippen LogP contribution in [0.25, 0.3) is 16.6 Å². The van der Waals surface area contributed by atoms with Gasteiger partial charge in [0, 0.05) is 13.1 Å². The standard InChI is InChI=1S/C23H27N3O2S/c1-5-17-12-14-18(15-13-17)26-22(28)19-10-8-9-11-20(19)24-23(26)29-16(4)21(27)25(6-2)7-3/h8-16H,5-7H2,1-4H3. The Bertz CT molecular complexity index is 1060. The number of amides is 1. The summed E-state index contributed by atoms with van der Waals surface area (Å²) in [5.41, 5.74) is 2.49. The van der Waals surface area contributed by atoms with Gasteiger partial charge in [-0.25, -0.2) is 4.98 Å². The summed E-state index contributed by atoms with van der Waals surface area (Å²) in [5.74, 6) is 0.0512. The number of rotatable bonds is 7. The van der Waals surface area contributed by atoms with E-state index < -0.39 is 0 Å². The molecule has 152 valence electrons. The molecule has 0 aliphatic heterocycles. The lowest BCUT2D eigenvalue weighted by atomic mass is 10.1. The van der Waals surface area contributed by atoms with E-state index in [0.717, 1.165) is 12.1 Å². The van der Waals surface area contributed by atoms with Crippen LogP contribution in [0.4, 0.5) is 0 Å². The molecule has 1 aromatic heterocycles. The number of nitrogens with zero attached hydrogens (tertiary/aromatic N) is 3. The Morgan fingerprint density at radius 2 is 1.72 bits per heavy atom. The number of para-hydroxylation sites is 1. The molecule has 0 bridgehead atoms. The van der Waals surface area contributed by atoms with Crippen LogP contribution >= 0.6 is 11.8 Å². The molecule has 3 aromatic rings. The number of hydrogen-bond acceptors (Lipinski definition) is 4. The summed E-state index contributed by atoms with van der Waals surface area (Å²) in [6.45, 7) is 9.24. The number of aryl methyl sites for hydroxylation is 1. The van der Waals surface area contributed by atoms with Gasteiger partial charge in [0.1, 0.15) is 0 Å². The lowest BCUT2D eigenvalue weighted by Crippen LogP contribution is -2.36. The zero-order chi connectivity index (χ0) is 21.0. The van der Waals surface area contributed by atoms with Crippen LogP contribution in [0.2, 0.25) is 0 Å². The van der Waals surface area contributed by atoms with Gasteiger partial charge in [0.05, 0.1) is 21.8 Å². The molecule has 3 rings (SSSR count). The summed E-state index contributed by atoms with van der Waals surface area (Å²) < 4.78 is 1.62. The quantitative estimate of drug-likeness (QED) is 0.431. The summed E-state index contributed by atoms with van der Waals surface area (Å²) in [6, 6.07) is 15.3. The molecule has 0 aliphatic rings. The van der Waals surface area contributed by atoms with Crippen LogP contribution in [0, 0.1) is 0 Å². The lowest BCUT2D eigenvalue weighted by Gasteiger charge is -2.23. The number of carbonyl (C=O) groups excluding carboxylic acids is 1. The van der Waals surface area contributed by atoms with Crippen molar-refractivity contribution >= 4 is 28.6 Å². The topological polar surface area (TPSA) is 55.2 Å². The van der Waals surface area contributed by atoms with Gasteiger partial charge in [-0.3, -0.25) is 14.2 Å². The van der Waals surface area contributed by atoms with Crippen molar-refractivity contribution in [2.45, 2.75) is 44.5 Å². The minimum Gasteiger partial charge on any atom is -0.342 e. The van der Waals surface area contributed by atoms with E-state index >= 15 is 0 Å². The fourth-order valence-electron chi connectivity index (χ4n) is 3.30. The van der Waals surface area contributed by atoms with E-state index in [-0.39, 0.29) is 16.7 Å². The minimum atomic E-state index is -0.343. The summed E-state index contributed by atoms with van der Waals surface area (Å²) in [4.78, 5) is 32.6. The lowest BCUT2D eigenvalue weighted by molar-refractivity contribution is -0.129. The molecule has 0 aliphatic carbocycles. The Morgan fingerprint density at radius 1 is 1.07 bits per heavy atom. The molecule has 0 saturated heterocycles. The maximum atomic E-state index is 13.3. The second-order valence-corrected chi connectivity index (χ2v) is 8.15. The van der Waals surface area contributed by atoms with Gasteiger partial charge in [-0.2, -0.15) is 0 Å². The molecule has 1 atom stereocenters. The first-order valence-electron chi connectivity index (χ1n) is 10.1. The second-order valence-electron chi connectivity index (χ2n) is 6.84. The highest BCUT2D eigenvalue weighted by molar-refractivity contribution is 8.00. The normalized spacial score (nSPS) is 12.1. The van der Waals surface area contributed by atoms with Crippen molar-refractivity contribution in [1.82, 2.24) is 14.5 Å². The van der Waals surface area contributed by atoms with Crippen LogP contribution < -0.4 is 5.56 Å². The van der Waals surface area contributed by atoms with Crippen molar-refractivity contribution in [3.05, 3.63) is 64.4 Å². The van der Waals surface area contributed by atoms with Gasteiger partial charge in [0.15, 0.2) is 5.16 Å². The van der Waals surface area contributed by atoms with Gasteiger partial charge >= 0.3 is 0 Å². The van der Waals surface area contributed by atoms with E-state index in [4.69, 9.17) is 4.98 Å². The SMILES string of the molecule is CCc1ccc(-n2c(SC(C)C(=O)N(CC)CC)nc3ccccc3c2=O)cc1. The van der Waals surface area contributed by atoms with Crippen LogP contribution in [-0.2, 0) is 11.2 Å². The highest BCUT2D eigenvalue weighted by Crippen LogP contribution is 2.26. The molecule has 5 nitrogen and oxygen atoms in total. The third-order valence-corrected chi connectivity index (χ3v) is 6.09. The van der Waals surface area contributed by atoms with Gasteiger partial charge in [-0.1, -0.05) is 43.0 Å². The maximum Gasteiger partial charge on any atom is 0.266 e. The molecular formula is C23H27N3O2S. The van der Waals surface area contributed by atoms with Crippen LogP contribution in [0.5, 0.6) is 0 Å². The Labute approximate surface area is 175 Å². The fourth-order valence-corrected chi connectivity index (χ4v) is 4.31. The highest BCUT2D eigenvalue weighted by atomic mass is 32.2. The highest BCUT2D eigenvalue weighted by Gasteiger charge is 2.23. The Balaban J connectivity index is 2.11. The molecule has 1 heterocycles. The van der Waals surface area contributed by atoms with E-state index in [0.29, 0.717) is 29.1 Å². The van der Waals surface area contributed by atoms with Crippen molar-refractivity contribution in [1.29, 1.82) is 0 Å². The molecule has 0 N–H and O–H groups in total. The van der Waals surface area contributed by atoms with Crippen molar-refractivity contribution < 1.29 is 4.79 Å². The van der Waals surface area contributed by atoms with Crippen LogP contribution in [0.1, 0.15) is 33.3 Å². The molecule has 6 heteroatoms. The summed E-state index contributed by atoms with van der Waals surface area (Å²) in [6.07, 6.45) is 0.933. The predicted molar refractivity (Wildman–Crippen MR) is 120 cm³/mol. The van der Waals surface area contributed by atoms with E-state index in [2.05, 4.69) is 6.92 Å². The van der Waals surface area contributed by atoms with Crippen LogP contribution in [0.3, 0.4) is 0 Å². The first kappa shape index (κ1) is 21.1. The molecule has 1 amide bonds. The van der Waals surface area contributed by atoms with Crippen LogP contribution in [0.15, 0.2) is 58.5 Å². The van der Waals surface area contributed by atoms with Crippen molar-refractivity contribution in [3.63, 3.8) is 0 Å². The zero-order valence-corrected chi connectivity index (χ0v) is 18.2. The van der Waals surface area contributed by atoms with Gasteiger partial charge in [0.25, 0.3) is 5.56 Å². The number of carbonyl (C=O) groups is 1. The maximum absolute atomic E-state index is 13.3. The van der Waals surface area contributed by atoms with E-state index in [1.54, 1.807) is 15.5 Å². The average Bonchev–Trinajstić information content (AvgIpc) is 2.75. The molecule has 0 spiro atoms. The molecule has 0 fully saturated rings. The molecular weight excluding hydrogens is 382 g/mol. The number of thioether (sulfide) groups is 1. The van der Waals surface area contributed by atoms with Gasteiger partial charge < -0.3 is 4.90 Å². The Kier molecular flexibility index (Phi) is 6.75. The largest absolute Gasteiger partial charge is 0.342 e. The first-order chi connectivity index (χ1) is 14.0. The van der Waals surface area contributed by atoms with Crippen LogP contribution in [-0.4, -0.2) is 38.7 Å². The third kappa shape index (κ3) is 4.37. The van der Waals surface area contributed by atoms with E-state index in [1.807, 2.05) is 63.2 Å². The smallest absolute Gasteiger partial charge is 0.266 e. The fraction of sp³-hybridized carbons (Fsp3) is 0.348. The van der Waals surface area contributed by atoms with E-state index in [1.165, 1.54) is 17.3 Å². The number of benzene rings is 2. The summed E-state index contributed by atoms with van der Waals surface area (Å²) in [7, 11) is 0. The third-order valence-electron chi connectivity index (χ3n) is 5.05. The second kappa shape index (κ2) is 9.27. The number of fused-ring (bicyclic) bond motifs is 1. The Hall–Kier alpha value is -2.60. The average molecular weight is 410 g/mol. The summed E-state index contributed by atoms with van der Waals surface area (Å²) in [5, 5.41) is 0.759. The summed E-state index contributed by atoms with van der Waals surface area (Å²) >= 11 is 1.33. The number of aromatic nitrogens is 2. The minimum absolute atomic E-state index is 0.0512. The van der Waals surface area contributed by atoms with Gasteiger partial charge in [-0.15, -0.1) is 0 Å². The molecule has 1 unspecified atom stereocenters. The molecule has 2 aromatic carbocycles. The molecule has 0 saturated carbocycles. The number of hydrogen-bond donors (Lipinski definition) is 0. The molecule has 0 radical (unpaired) electrons. The van der Waals surface area contributed by atoms with Crippen molar-refractivity contribution in [2.24, 2.45) is 0 Å². The van der Waals surface area contributed by atoms with Crippen molar-refractivity contribution in [2.75, 3.05) is 13.1 Å². The zero-order valence-electron chi connectivity index (χ0n) is 17.4. The monoisotopic (exact) mass is 409 g/mol. The van der Waals surface area contributed by atoms with Gasteiger partial charge in [-0.05, 0) is 57.0 Å².